The van der Waals surface area contributed by atoms with E-state index in [9.17, 15) is 0 Å². The molecule has 1 aromatic carbocycles. The molecule has 0 unspecified atom stereocenters. The molecule has 0 atom stereocenters. The van der Waals surface area contributed by atoms with Gasteiger partial charge in [-0.2, -0.15) is 5.26 Å². The normalized spacial score (nSPS) is 10.1. The van der Waals surface area contributed by atoms with E-state index in [1.54, 1.807) is 12.3 Å². The topological polar surface area (TPSA) is 36.7 Å². The van der Waals surface area contributed by atoms with Crippen molar-refractivity contribution in [3.63, 3.8) is 0 Å². The Hall–Kier alpha value is -0.670. The van der Waals surface area contributed by atoms with Crippen LogP contribution in [0.25, 0.3) is 10.9 Å². The van der Waals surface area contributed by atoms with Gasteiger partial charge in [0.2, 0.25) is 0 Å². The second kappa shape index (κ2) is 3.83. The molecule has 0 saturated carbocycles. The Labute approximate surface area is 103 Å². The number of hydrogen-bond donors (Lipinski definition) is 0. The van der Waals surface area contributed by atoms with E-state index in [1.807, 2.05) is 12.1 Å². The van der Waals surface area contributed by atoms with E-state index in [0.29, 0.717) is 5.56 Å². The molecule has 0 radical (unpaired) electrons. The van der Waals surface area contributed by atoms with Crippen LogP contribution in [-0.2, 0) is 0 Å². The first kappa shape index (κ1) is 9.87. The summed E-state index contributed by atoms with van der Waals surface area (Å²) in [5, 5.41) is 9.87. The van der Waals surface area contributed by atoms with E-state index >= 15 is 0 Å². The third-order valence-corrected chi connectivity index (χ3v) is 3.16. The highest BCUT2D eigenvalue weighted by Gasteiger charge is 2.05. The molecule has 0 aliphatic heterocycles. The average molecular weight is 359 g/mol. The molecule has 2 rings (SSSR count). The van der Waals surface area contributed by atoms with Crippen LogP contribution in [0.5, 0.6) is 0 Å². The summed E-state index contributed by atoms with van der Waals surface area (Å²) in [5.74, 6) is 0. The zero-order valence-corrected chi connectivity index (χ0v) is 10.7. The maximum absolute atomic E-state index is 8.89. The predicted molar refractivity (Wildman–Crippen MR) is 66.9 cm³/mol. The van der Waals surface area contributed by atoms with E-state index in [1.165, 1.54) is 0 Å². The number of rotatable bonds is 0. The smallest absolute Gasteiger partial charge is 0.101 e. The van der Waals surface area contributed by atoms with Crippen LogP contribution >= 0.6 is 38.5 Å². The molecule has 0 spiro atoms. The molecule has 1 heterocycles. The number of nitrogens with zero attached hydrogens (tertiary/aromatic N) is 2. The maximum atomic E-state index is 8.89. The zero-order chi connectivity index (χ0) is 10.1. The van der Waals surface area contributed by atoms with Crippen molar-refractivity contribution in [2.24, 2.45) is 0 Å². The Balaban J connectivity index is 2.93. The van der Waals surface area contributed by atoms with Crippen LogP contribution in [0.3, 0.4) is 0 Å². The fourth-order valence-corrected chi connectivity index (χ4v) is 2.14. The Kier molecular flexibility index (Phi) is 2.70. The SMILES string of the molecule is N#Cc1ccc(Br)c2cc(I)cnc12. The van der Waals surface area contributed by atoms with Crippen LogP contribution in [0, 0.1) is 14.9 Å². The first-order valence-electron chi connectivity index (χ1n) is 3.86. The number of hydrogen-bond acceptors (Lipinski definition) is 2. The number of aromatic nitrogens is 1. The van der Waals surface area contributed by atoms with Crippen molar-refractivity contribution in [2.75, 3.05) is 0 Å². The highest BCUT2D eigenvalue weighted by molar-refractivity contribution is 14.1. The number of halogens is 2. The van der Waals surface area contributed by atoms with Gasteiger partial charge in [-0.1, -0.05) is 15.9 Å². The molecular weight excluding hydrogens is 355 g/mol. The van der Waals surface area contributed by atoms with Gasteiger partial charge in [-0.15, -0.1) is 0 Å². The first-order valence-corrected chi connectivity index (χ1v) is 5.73. The van der Waals surface area contributed by atoms with Gasteiger partial charge in [0.25, 0.3) is 0 Å². The summed E-state index contributed by atoms with van der Waals surface area (Å²) in [7, 11) is 0. The number of pyridine rings is 1. The lowest BCUT2D eigenvalue weighted by atomic mass is 10.1. The van der Waals surface area contributed by atoms with Gasteiger partial charge in [0, 0.05) is 19.6 Å². The van der Waals surface area contributed by atoms with Gasteiger partial charge < -0.3 is 0 Å². The zero-order valence-electron chi connectivity index (χ0n) is 6.96. The van der Waals surface area contributed by atoms with Gasteiger partial charge in [0.1, 0.15) is 6.07 Å². The molecule has 0 bridgehead atoms. The van der Waals surface area contributed by atoms with E-state index in [2.05, 4.69) is 49.6 Å². The summed E-state index contributed by atoms with van der Waals surface area (Å²) in [4.78, 5) is 4.25. The summed E-state index contributed by atoms with van der Waals surface area (Å²) >= 11 is 5.64. The predicted octanol–water partition coefficient (Wildman–Crippen LogP) is 3.47. The average Bonchev–Trinajstić information content (AvgIpc) is 2.19. The van der Waals surface area contributed by atoms with Crippen molar-refractivity contribution in [2.45, 2.75) is 0 Å². The van der Waals surface area contributed by atoms with Gasteiger partial charge in [0.15, 0.2) is 0 Å². The molecule has 1 aromatic heterocycles. The van der Waals surface area contributed by atoms with Crippen molar-refractivity contribution in [1.82, 2.24) is 4.98 Å². The minimum atomic E-state index is 0.611. The first-order chi connectivity index (χ1) is 6.72. The van der Waals surface area contributed by atoms with Crippen LogP contribution in [0.15, 0.2) is 28.9 Å². The fourth-order valence-electron chi connectivity index (χ4n) is 1.25. The second-order valence-electron chi connectivity index (χ2n) is 2.76. The monoisotopic (exact) mass is 358 g/mol. The number of benzene rings is 1. The van der Waals surface area contributed by atoms with E-state index < -0.39 is 0 Å². The summed E-state index contributed by atoms with van der Waals surface area (Å²) < 4.78 is 2.03. The van der Waals surface area contributed by atoms with Crippen LogP contribution in [-0.4, -0.2) is 4.98 Å². The molecule has 2 nitrogen and oxygen atoms in total. The van der Waals surface area contributed by atoms with E-state index in [4.69, 9.17) is 5.26 Å². The molecular formula is C10H4BrIN2. The molecule has 2 aromatic rings. The molecule has 0 fully saturated rings. The second-order valence-corrected chi connectivity index (χ2v) is 4.86. The summed E-state index contributed by atoms with van der Waals surface area (Å²) in [6.07, 6.45) is 1.76. The van der Waals surface area contributed by atoms with E-state index in [-0.39, 0.29) is 0 Å². The molecule has 14 heavy (non-hydrogen) atoms. The molecule has 0 N–H and O–H groups in total. The van der Waals surface area contributed by atoms with Crippen LogP contribution < -0.4 is 0 Å². The fraction of sp³-hybridized carbons (Fsp3) is 0. The Morgan fingerprint density at radius 3 is 2.93 bits per heavy atom. The minimum Gasteiger partial charge on any atom is -0.254 e. The molecule has 4 heteroatoms. The standard InChI is InChI=1S/C10H4BrIN2/c11-9-2-1-6(4-13)10-8(9)3-7(12)5-14-10/h1-3,5H. The Morgan fingerprint density at radius 1 is 1.43 bits per heavy atom. The van der Waals surface area contributed by atoms with Gasteiger partial charge in [-0.25, -0.2) is 0 Å². The molecule has 0 amide bonds. The summed E-state index contributed by atoms with van der Waals surface area (Å²) in [6, 6.07) is 7.78. The molecule has 68 valence electrons. The third kappa shape index (κ3) is 1.62. The maximum Gasteiger partial charge on any atom is 0.101 e. The number of fused-ring (bicyclic) bond motifs is 1. The van der Waals surface area contributed by atoms with Crippen LogP contribution in [0.2, 0.25) is 0 Å². The van der Waals surface area contributed by atoms with Crippen molar-refractivity contribution in [3.8, 4) is 6.07 Å². The van der Waals surface area contributed by atoms with Gasteiger partial charge in [-0.3, -0.25) is 4.98 Å². The van der Waals surface area contributed by atoms with Crippen molar-refractivity contribution in [1.29, 1.82) is 5.26 Å². The summed E-state index contributed by atoms with van der Waals surface area (Å²) in [5.41, 5.74) is 1.36. The lowest BCUT2D eigenvalue weighted by molar-refractivity contribution is 1.37. The van der Waals surface area contributed by atoms with Crippen molar-refractivity contribution >= 4 is 49.4 Å². The van der Waals surface area contributed by atoms with Gasteiger partial charge in [-0.05, 0) is 40.8 Å². The van der Waals surface area contributed by atoms with E-state index in [0.717, 1.165) is 18.9 Å². The van der Waals surface area contributed by atoms with Crippen molar-refractivity contribution < 1.29 is 0 Å². The van der Waals surface area contributed by atoms with Crippen molar-refractivity contribution in [3.05, 3.63) is 38.0 Å². The lowest BCUT2D eigenvalue weighted by Gasteiger charge is -2.01. The Bertz CT molecular complexity index is 546. The highest BCUT2D eigenvalue weighted by Crippen LogP contribution is 2.26. The third-order valence-electron chi connectivity index (χ3n) is 1.88. The molecule has 0 aliphatic carbocycles. The van der Waals surface area contributed by atoms with Gasteiger partial charge in [0.05, 0.1) is 11.1 Å². The largest absolute Gasteiger partial charge is 0.254 e. The molecule has 0 aliphatic rings. The van der Waals surface area contributed by atoms with Gasteiger partial charge >= 0.3 is 0 Å². The van der Waals surface area contributed by atoms with Crippen LogP contribution in [0.4, 0.5) is 0 Å². The lowest BCUT2D eigenvalue weighted by Crippen LogP contribution is -1.86. The number of nitriles is 1. The quantitative estimate of drug-likeness (QED) is 0.676. The van der Waals surface area contributed by atoms with Crippen LogP contribution in [0.1, 0.15) is 5.56 Å². The Morgan fingerprint density at radius 2 is 2.21 bits per heavy atom. The summed E-state index contributed by atoms with van der Waals surface area (Å²) in [6.45, 7) is 0. The minimum absolute atomic E-state index is 0.611. The molecule has 0 saturated heterocycles. The highest BCUT2D eigenvalue weighted by atomic mass is 127.